The first-order chi connectivity index (χ1) is 10.5. The monoisotopic (exact) mass is 328 g/mol. The van der Waals surface area contributed by atoms with E-state index >= 15 is 0 Å². The third kappa shape index (κ3) is 4.69. The minimum absolute atomic E-state index is 0.0588. The fraction of sp³-hybridized carbons (Fsp3) is 0.600. The summed E-state index contributed by atoms with van der Waals surface area (Å²) >= 11 is 1.34. The summed E-state index contributed by atoms with van der Waals surface area (Å²) in [6.07, 6.45) is 4.33. The highest BCUT2D eigenvalue weighted by Crippen LogP contribution is 2.22. The van der Waals surface area contributed by atoms with E-state index in [1.54, 1.807) is 6.26 Å². The van der Waals surface area contributed by atoms with Gasteiger partial charge in [-0.3, -0.25) is 29.0 Å². The van der Waals surface area contributed by atoms with E-state index in [1.807, 2.05) is 27.7 Å². The van der Waals surface area contributed by atoms with Crippen LogP contribution in [0.2, 0.25) is 0 Å². The second-order valence-corrected chi connectivity index (χ2v) is 5.01. The lowest BCUT2D eigenvalue weighted by molar-refractivity contribution is -0.142. The maximum absolute atomic E-state index is 11.8. The molecule has 0 aromatic carbocycles. The lowest BCUT2D eigenvalue weighted by atomic mass is 10.4. The summed E-state index contributed by atoms with van der Waals surface area (Å²) in [4.78, 5) is 48.1. The summed E-state index contributed by atoms with van der Waals surface area (Å²) < 4.78 is 0. The number of amides is 4. The first kappa shape index (κ1) is 20.4. The highest BCUT2D eigenvalue weighted by atomic mass is 32.2. The van der Waals surface area contributed by atoms with Crippen LogP contribution in [0.5, 0.6) is 0 Å². The summed E-state index contributed by atoms with van der Waals surface area (Å²) in [7, 11) is 0. The third-order valence-corrected chi connectivity index (χ3v) is 3.87. The Balaban J connectivity index is 0.00000102. The highest BCUT2D eigenvalue weighted by molar-refractivity contribution is 8.00. The van der Waals surface area contributed by atoms with Gasteiger partial charge >= 0.3 is 0 Å². The Bertz CT molecular complexity index is 444. The zero-order chi connectivity index (χ0) is 17.3. The molecule has 2 aliphatic heterocycles. The molecule has 1 atom stereocenters. The van der Waals surface area contributed by atoms with Crippen LogP contribution in [0.4, 0.5) is 0 Å². The van der Waals surface area contributed by atoms with E-state index in [1.165, 1.54) is 23.9 Å². The van der Waals surface area contributed by atoms with E-state index in [2.05, 4.69) is 0 Å². The molecule has 1 unspecified atom stereocenters. The largest absolute Gasteiger partial charge is 0.280 e. The van der Waals surface area contributed by atoms with Crippen LogP contribution in [0, 0.1) is 0 Å². The maximum Gasteiger partial charge on any atom is 0.253 e. The Hall–Kier alpha value is -1.63. The fourth-order valence-electron chi connectivity index (χ4n) is 1.92. The molecule has 0 spiro atoms. The van der Waals surface area contributed by atoms with E-state index in [9.17, 15) is 19.2 Å². The Morgan fingerprint density at radius 1 is 0.955 bits per heavy atom. The Labute approximate surface area is 135 Å². The summed E-state index contributed by atoms with van der Waals surface area (Å²) in [6, 6.07) is 0. The molecule has 2 aliphatic rings. The lowest BCUT2D eigenvalue weighted by Crippen LogP contribution is -2.41. The van der Waals surface area contributed by atoms with Crippen molar-refractivity contribution in [3.05, 3.63) is 12.2 Å². The molecule has 0 aliphatic carbocycles. The number of likely N-dealkylation sites (tertiary alicyclic amines) is 1. The van der Waals surface area contributed by atoms with Gasteiger partial charge in [0, 0.05) is 31.7 Å². The molecule has 0 saturated carbocycles. The summed E-state index contributed by atoms with van der Waals surface area (Å²) in [6.45, 7) is 8.14. The SMILES string of the molecule is CC.CC.CSC1CC(=O)N(CCN2C(=O)C=CC2=O)C1=O. The van der Waals surface area contributed by atoms with E-state index in [0.29, 0.717) is 0 Å². The van der Waals surface area contributed by atoms with Crippen LogP contribution in [0.1, 0.15) is 34.1 Å². The number of carbonyl (C=O) groups is 4. The number of hydrogen-bond donors (Lipinski definition) is 0. The van der Waals surface area contributed by atoms with Crippen molar-refractivity contribution in [2.75, 3.05) is 19.3 Å². The third-order valence-electron chi connectivity index (χ3n) is 2.93. The van der Waals surface area contributed by atoms with Crippen LogP contribution in [0.3, 0.4) is 0 Å². The van der Waals surface area contributed by atoms with Gasteiger partial charge in [0.05, 0.1) is 5.25 Å². The molecule has 4 amide bonds. The average Bonchev–Trinajstić information content (AvgIpc) is 3.01. The van der Waals surface area contributed by atoms with Crippen molar-refractivity contribution in [2.45, 2.75) is 39.4 Å². The van der Waals surface area contributed by atoms with Gasteiger partial charge < -0.3 is 0 Å². The summed E-state index contributed by atoms with van der Waals surface area (Å²) in [5.74, 6) is -1.29. The van der Waals surface area contributed by atoms with Gasteiger partial charge in [0.1, 0.15) is 0 Å². The minimum Gasteiger partial charge on any atom is -0.280 e. The highest BCUT2D eigenvalue weighted by Gasteiger charge is 2.38. The van der Waals surface area contributed by atoms with Crippen molar-refractivity contribution >= 4 is 35.4 Å². The number of hydrogen-bond acceptors (Lipinski definition) is 5. The molecule has 2 rings (SSSR count). The molecule has 6 nitrogen and oxygen atoms in total. The van der Waals surface area contributed by atoms with Crippen molar-refractivity contribution in [2.24, 2.45) is 0 Å². The number of thioether (sulfide) groups is 1. The zero-order valence-corrected chi connectivity index (χ0v) is 14.6. The van der Waals surface area contributed by atoms with Gasteiger partial charge in [-0.2, -0.15) is 11.8 Å². The van der Waals surface area contributed by atoms with Gasteiger partial charge in [0.2, 0.25) is 11.8 Å². The lowest BCUT2D eigenvalue weighted by Gasteiger charge is -2.19. The molecule has 0 aromatic rings. The standard InChI is InChI=1S/C11H12N2O4S.2C2H6/c1-18-7-6-10(16)13(11(7)17)5-4-12-8(14)2-3-9(12)15;2*1-2/h2-3,7H,4-6H2,1H3;2*1-2H3. The van der Waals surface area contributed by atoms with Crippen molar-refractivity contribution in [3.8, 4) is 0 Å². The Kier molecular flexibility index (Phi) is 9.40. The average molecular weight is 328 g/mol. The maximum atomic E-state index is 11.8. The van der Waals surface area contributed by atoms with Gasteiger partial charge in [-0.05, 0) is 6.26 Å². The summed E-state index contributed by atoms with van der Waals surface area (Å²) in [5.41, 5.74) is 0. The molecular weight excluding hydrogens is 304 g/mol. The Morgan fingerprint density at radius 3 is 1.82 bits per heavy atom. The van der Waals surface area contributed by atoms with E-state index < -0.39 is 11.8 Å². The normalized spacial score (nSPS) is 20.0. The number of nitrogens with zero attached hydrogens (tertiary/aromatic N) is 2. The number of imide groups is 2. The first-order valence-electron chi connectivity index (χ1n) is 7.45. The molecule has 1 saturated heterocycles. The number of carbonyl (C=O) groups excluding carboxylic acids is 4. The van der Waals surface area contributed by atoms with Crippen LogP contribution in [-0.2, 0) is 19.2 Å². The molecule has 0 N–H and O–H groups in total. The van der Waals surface area contributed by atoms with Gasteiger partial charge in [-0.15, -0.1) is 0 Å². The first-order valence-corrected chi connectivity index (χ1v) is 8.74. The molecule has 0 radical (unpaired) electrons. The fourth-order valence-corrected chi connectivity index (χ4v) is 2.56. The van der Waals surface area contributed by atoms with Crippen LogP contribution in [-0.4, -0.2) is 58.0 Å². The van der Waals surface area contributed by atoms with Gasteiger partial charge in [0.25, 0.3) is 11.8 Å². The van der Waals surface area contributed by atoms with Gasteiger partial charge in [0.15, 0.2) is 0 Å². The minimum atomic E-state index is -0.402. The molecule has 124 valence electrons. The second kappa shape index (κ2) is 10.2. The predicted molar refractivity (Wildman–Crippen MR) is 87.2 cm³/mol. The zero-order valence-electron chi connectivity index (χ0n) is 13.8. The smallest absolute Gasteiger partial charge is 0.253 e. The second-order valence-electron chi connectivity index (χ2n) is 3.97. The van der Waals surface area contributed by atoms with Gasteiger partial charge in [-0.25, -0.2) is 0 Å². The quantitative estimate of drug-likeness (QED) is 0.730. The van der Waals surface area contributed by atoms with Crippen molar-refractivity contribution in [1.29, 1.82) is 0 Å². The number of rotatable bonds is 4. The molecular formula is C15H24N2O4S. The van der Waals surface area contributed by atoms with Crippen molar-refractivity contribution in [1.82, 2.24) is 9.80 Å². The molecule has 1 fully saturated rings. The van der Waals surface area contributed by atoms with Crippen LogP contribution in [0.15, 0.2) is 12.2 Å². The Morgan fingerprint density at radius 2 is 1.41 bits per heavy atom. The van der Waals surface area contributed by atoms with Crippen molar-refractivity contribution in [3.63, 3.8) is 0 Å². The van der Waals surface area contributed by atoms with Crippen LogP contribution >= 0.6 is 11.8 Å². The molecule has 22 heavy (non-hydrogen) atoms. The predicted octanol–water partition coefficient (Wildman–Crippen LogP) is 1.45. The molecule has 0 aromatic heterocycles. The van der Waals surface area contributed by atoms with Crippen LogP contribution < -0.4 is 0 Å². The topological polar surface area (TPSA) is 74.8 Å². The molecule has 2 heterocycles. The van der Waals surface area contributed by atoms with E-state index in [0.717, 1.165) is 9.80 Å². The summed E-state index contributed by atoms with van der Waals surface area (Å²) in [5, 5.41) is -0.333. The van der Waals surface area contributed by atoms with E-state index in [-0.39, 0.29) is 36.6 Å². The van der Waals surface area contributed by atoms with Gasteiger partial charge in [-0.1, -0.05) is 27.7 Å². The van der Waals surface area contributed by atoms with Crippen molar-refractivity contribution < 1.29 is 19.2 Å². The molecule has 7 heteroatoms. The van der Waals surface area contributed by atoms with E-state index in [4.69, 9.17) is 0 Å². The molecule has 0 bridgehead atoms. The van der Waals surface area contributed by atoms with Crippen LogP contribution in [0.25, 0.3) is 0 Å².